The number of hydrogen-bond donors (Lipinski definition) is 1. The van der Waals surface area contributed by atoms with E-state index in [0.29, 0.717) is 5.69 Å². The summed E-state index contributed by atoms with van der Waals surface area (Å²) in [5.41, 5.74) is 4.04. The topological polar surface area (TPSA) is 56.1 Å². The van der Waals surface area contributed by atoms with E-state index in [4.69, 9.17) is 0 Å². The summed E-state index contributed by atoms with van der Waals surface area (Å²) in [5, 5.41) is 12.1. The summed E-state index contributed by atoms with van der Waals surface area (Å²) in [6.45, 7) is 4.27. The monoisotopic (exact) mass is 345 g/mol. The van der Waals surface area contributed by atoms with Crippen molar-refractivity contribution in [3.63, 3.8) is 0 Å². The average molecular weight is 345 g/mol. The summed E-state index contributed by atoms with van der Waals surface area (Å²) in [4.78, 5) is 14.7. The fraction of sp³-hybridized carbons (Fsp3) is 0.273. The number of aryl methyl sites for hydroxylation is 1. The lowest BCUT2D eigenvalue weighted by Gasteiger charge is -2.17. The molecule has 132 valence electrons. The van der Waals surface area contributed by atoms with Crippen LogP contribution in [-0.4, -0.2) is 19.0 Å². The third kappa shape index (κ3) is 4.31. The molecule has 0 atom stereocenters. The van der Waals surface area contributed by atoms with Crippen molar-refractivity contribution in [2.75, 3.05) is 23.3 Å². The number of carbonyl (C=O) groups is 1. The van der Waals surface area contributed by atoms with E-state index >= 15 is 0 Å². The lowest BCUT2D eigenvalue weighted by Crippen LogP contribution is -2.17. The molecular weight excluding hydrogens is 322 g/mol. The number of nitrogens with one attached hydrogen (secondary N) is 1. The molecule has 0 unspecified atom stereocenters. The van der Waals surface area contributed by atoms with Gasteiger partial charge in [0.15, 0.2) is 0 Å². The first kappa shape index (κ1) is 17.8. The van der Waals surface area contributed by atoms with Crippen LogP contribution in [0.4, 0.5) is 11.4 Å². The lowest BCUT2D eigenvalue weighted by molar-refractivity contribution is -0.112. The van der Waals surface area contributed by atoms with Crippen molar-refractivity contribution < 1.29 is 4.79 Å². The van der Waals surface area contributed by atoms with Crippen molar-refractivity contribution in [3.8, 4) is 6.07 Å². The smallest absolute Gasteiger partial charge is 0.266 e. The van der Waals surface area contributed by atoms with Crippen LogP contribution >= 0.6 is 0 Å². The van der Waals surface area contributed by atoms with Gasteiger partial charge in [0.1, 0.15) is 11.6 Å². The first-order valence-electron chi connectivity index (χ1n) is 9.06. The molecule has 1 saturated heterocycles. The maximum Gasteiger partial charge on any atom is 0.266 e. The highest BCUT2D eigenvalue weighted by molar-refractivity contribution is 6.09. The number of carbonyl (C=O) groups excluding carboxylic acids is 1. The van der Waals surface area contributed by atoms with E-state index in [1.165, 1.54) is 24.1 Å². The van der Waals surface area contributed by atoms with E-state index in [9.17, 15) is 10.1 Å². The second kappa shape index (κ2) is 8.35. The second-order valence-corrected chi connectivity index (χ2v) is 6.46. The number of nitriles is 1. The Morgan fingerprint density at radius 2 is 1.77 bits per heavy atom. The zero-order valence-electron chi connectivity index (χ0n) is 15.0. The lowest BCUT2D eigenvalue weighted by atomic mass is 10.1. The summed E-state index contributed by atoms with van der Waals surface area (Å²) >= 11 is 0. The second-order valence-electron chi connectivity index (χ2n) is 6.46. The Bertz CT molecular complexity index is 823. The minimum Gasteiger partial charge on any atom is -0.372 e. The van der Waals surface area contributed by atoms with Gasteiger partial charge in [-0.15, -0.1) is 0 Å². The molecule has 3 rings (SSSR count). The van der Waals surface area contributed by atoms with Crippen LogP contribution in [0.5, 0.6) is 0 Å². The van der Waals surface area contributed by atoms with Crippen LogP contribution in [0.2, 0.25) is 0 Å². The van der Waals surface area contributed by atoms with E-state index in [0.717, 1.165) is 25.1 Å². The molecule has 0 aromatic heterocycles. The van der Waals surface area contributed by atoms with Crippen molar-refractivity contribution in [2.24, 2.45) is 0 Å². The molecule has 4 heteroatoms. The van der Waals surface area contributed by atoms with E-state index in [1.807, 2.05) is 54.6 Å². The van der Waals surface area contributed by atoms with Crippen LogP contribution in [0.3, 0.4) is 0 Å². The van der Waals surface area contributed by atoms with Gasteiger partial charge in [-0.3, -0.25) is 4.79 Å². The van der Waals surface area contributed by atoms with E-state index in [2.05, 4.69) is 17.1 Å². The van der Waals surface area contributed by atoms with Crippen LogP contribution in [0.1, 0.15) is 30.9 Å². The fourth-order valence-electron chi connectivity index (χ4n) is 3.09. The van der Waals surface area contributed by atoms with Crippen LogP contribution < -0.4 is 10.2 Å². The zero-order valence-corrected chi connectivity index (χ0v) is 15.0. The van der Waals surface area contributed by atoms with Gasteiger partial charge in [0, 0.05) is 24.5 Å². The Balaban J connectivity index is 1.70. The molecule has 26 heavy (non-hydrogen) atoms. The predicted molar refractivity (Wildman–Crippen MR) is 106 cm³/mol. The van der Waals surface area contributed by atoms with Crippen LogP contribution in [0.15, 0.2) is 54.1 Å². The molecule has 2 aromatic rings. The first-order chi connectivity index (χ1) is 12.7. The van der Waals surface area contributed by atoms with Crippen molar-refractivity contribution in [2.45, 2.75) is 26.2 Å². The third-order valence-corrected chi connectivity index (χ3v) is 4.66. The maximum atomic E-state index is 12.4. The average Bonchev–Trinajstić information content (AvgIpc) is 3.22. The van der Waals surface area contributed by atoms with Crippen LogP contribution in [0, 0.1) is 11.3 Å². The van der Waals surface area contributed by atoms with E-state index in [-0.39, 0.29) is 11.5 Å². The van der Waals surface area contributed by atoms with Crippen LogP contribution in [0.25, 0.3) is 6.08 Å². The molecule has 1 aliphatic heterocycles. The van der Waals surface area contributed by atoms with Crippen LogP contribution in [-0.2, 0) is 11.2 Å². The normalized spacial score (nSPS) is 14.2. The largest absolute Gasteiger partial charge is 0.372 e. The summed E-state index contributed by atoms with van der Waals surface area (Å²) < 4.78 is 0. The number of benzene rings is 2. The molecular formula is C22H23N3O. The molecule has 0 spiro atoms. The summed E-state index contributed by atoms with van der Waals surface area (Å²) in [5.74, 6) is -0.389. The van der Waals surface area contributed by atoms with Gasteiger partial charge in [-0.1, -0.05) is 31.2 Å². The molecule has 0 aliphatic carbocycles. The van der Waals surface area contributed by atoms with Crippen molar-refractivity contribution in [1.29, 1.82) is 5.26 Å². The van der Waals surface area contributed by atoms with Crippen molar-refractivity contribution in [3.05, 3.63) is 65.2 Å². The van der Waals surface area contributed by atoms with E-state index < -0.39 is 0 Å². The molecule has 2 aromatic carbocycles. The van der Waals surface area contributed by atoms with Gasteiger partial charge in [-0.2, -0.15) is 5.26 Å². The highest BCUT2D eigenvalue weighted by atomic mass is 16.1. The summed E-state index contributed by atoms with van der Waals surface area (Å²) in [7, 11) is 0. The van der Waals surface area contributed by atoms with E-state index in [1.54, 1.807) is 6.08 Å². The van der Waals surface area contributed by atoms with Gasteiger partial charge >= 0.3 is 0 Å². The molecule has 0 saturated carbocycles. The van der Waals surface area contributed by atoms with Gasteiger partial charge in [-0.05, 0) is 60.7 Å². The van der Waals surface area contributed by atoms with Gasteiger partial charge in [0.05, 0.1) is 0 Å². The Hall–Kier alpha value is -3.06. The quantitative estimate of drug-likeness (QED) is 0.646. The molecule has 0 bridgehead atoms. The van der Waals surface area contributed by atoms with Crippen molar-refractivity contribution >= 4 is 23.4 Å². The maximum absolute atomic E-state index is 12.4. The Morgan fingerprint density at radius 3 is 2.35 bits per heavy atom. The predicted octanol–water partition coefficient (Wildman–Crippen LogP) is 4.39. The molecule has 0 radical (unpaired) electrons. The Labute approximate surface area is 154 Å². The number of rotatable bonds is 5. The van der Waals surface area contributed by atoms with Gasteiger partial charge in [-0.25, -0.2) is 0 Å². The Morgan fingerprint density at radius 1 is 1.12 bits per heavy atom. The number of anilines is 2. The molecule has 4 nitrogen and oxygen atoms in total. The van der Waals surface area contributed by atoms with Gasteiger partial charge in [0.25, 0.3) is 5.91 Å². The van der Waals surface area contributed by atoms with Gasteiger partial charge in [0.2, 0.25) is 0 Å². The standard InChI is InChI=1S/C22H23N3O/c1-2-17-5-9-20(10-6-17)24-22(26)19(16-23)15-18-7-11-21(12-8-18)25-13-3-4-14-25/h5-12,15H,2-4,13-14H2,1H3,(H,24,26)/b19-15-. The third-order valence-electron chi connectivity index (χ3n) is 4.66. The molecule has 1 N–H and O–H groups in total. The SMILES string of the molecule is CCc1ccc(NC(=O)/C(C#N)=C\c2ccc(N3CCCC3)cc2)cc1. The summed E-state index contributed by atoms with van der Waals surface area (Å²) in [6, 6.07) is 17.7. The van der Waals surface area contributed by atoms with Gasteiger partial charge < -0.3 is 10.2 Å². The zero-order chi connectivity index (χ0) is 18.4. The molecule has 1 fully saturated rings. The minimum absolute atomic E-state index is 0.0958. The van der Waals surface area contributed by atoms with Crippen molar-refractivity contribution in [1.82, 2.24) is 0 Å². The molecule has 1 heterocycles. The highest BCUT2D eigenvalue weighted by Crippen LogP contribution is 2.21. The Kier molecular flexibility index (Phi) is 5.70. The fourth-order valence-corrected chi connectivity index (χ4v) is 3.09. The summed E-state index contributed by atoms with van der Waals surface area (Å²) in [6.07, 6.45) is 5.05. The number of hydrogen-bond acceptors (Lipinski definition) is 3. The first-order valence-corrected chi connectivity index (χ1v) is 9.06. The minimum atomic E-state index is -0.389. The number of amides is 1. The number of nitrogens with zero attached hydrogens (tertiary/aromatic N) is 2. The molecule has 1 amide bonds. The highest BCUT2D eigenvalue weighted by Gasteiger charge is 2.12. The molecule has 1 aliphatic rings.